The van der Waals surface area contributed by atoms with Crippen molar-refractivity contribution in [2.75, 3.05) is 6.61 Å². The van der Waals surface area contributed by atoms with Gasteiger partial charge in [0.25, 0.3) is 5.91 Å². The Morgan fingerprint density at radius 3 is 2.58 bits per heavy atom. The molecule has 1 N–H and O–H groups in total. The van der Waals surface area contributed by atoms with Gasteiger partial charge in [-0.25, -0.2) is 4.79 Å². The average molecular weight is 354 g/mol. The first kappa shape index (κ1) is 19.6. The summed E-state index contributed by atoms with van der Waals surface area (Å²) in [7, 11) is 0. The van der Waals surface area contributed by atoms with Crippen molar-refractivity contribution in [2.45, 2.75) is 39.2 Å². The zero-order chi connectivity index (χ0) is 18.8. The fraction of sp³-hybridized carbons (Fsp3) is 0.381. The van der Waals surface area contributed by atoms with Crippen LogP contribution in [0, 0.1) is 5.92 Å². The van der Waals surface area contributed by atoms with Crippen LogP contribution in [0.1, 0.15) is 42.6 Å². The number of nitrogens with one attached hydrogen (secondary N) is 1. The van der Waals surface area contributed by atoms with Gasteiger partial charge in [-0.2, -0.15) is 0 Å². The second-order valence-electron chi connectivity index (χ2n) is 6.34. The van der Waals surface area contributed by atoms with Crippen molar-refractivity contribution in [1.29, 1.82) is 0 Å². The lowest BCUT2D eigenvalue weighted by Gasteiger charge is -2.22. The van der Waals surface area contributed by atoms with Gasteiger partial charge in [0.15, 0.2) is 0 Å². The molecule has 2 aromatic rings. The number of ether oxygens (including phenoxy) is 1. The van der Waals surface area contributed by atoms with E-state index in [2.05, 4.69) is 10.3 Å². The highest BCUT2D eigenvalue weighted by Gasteiger charge is 2.27. The van der Waals surface area contributed by atoms with Gasteiger partial charge < -0.3 is 10.1 Å². The smallest absolute Gasteiger partial charge is 0.328 e. The number of amides is 1. The van der Waals surface area contributed by atoms with Crippen LogP contribution in [0.25, 0.3) is 0 Å². The lowest BCUT2D eigenvalue weighted by atomic mass is 9.98. The number of aryl methyl sites for hydroxylation is 1. The molecule has 0 saturated heterocycles. The first-order valence-corrected chi connectivity index (χ1v) is 9.03. The number of esters is 1. The second kappa shape index (κ2) is 10.3. The van der Waals surface area contributed by atoms with E-state index < -0.39 is 6.04 Å². The molecule has 5 heteroatoms. The van der Waals surface area contributed by atoms with Crippen LogP contribution in [0.15, 0.2) is 54.9 Å². The molecule has 0 aliphatic heterocycles. The van der Waals surface area contributed by atoms with Crippen molar-refractivity contribution in [3.05, 3.63) is 66.0 Å². The fourth-order valence-electron chi connectivity index (χ4n) is 2.57. The molecule has 2 rings (SSSR count). The van der Waals surface area contributed by atoms with Gasteiger partial charge >= 0.3 is 5.97 Å². The number of pyridine rings is 1. The molecular weight excluding hydrogens is 328 g/mol. The van der Waals surface area contributed by atoms with E-state index >= 15 is 0 Å². The van der Waals surface area contributed by atoms with Crippen molar-refractivity contribution < 1.29 is 14.3 Å². The number of benzene rings is 1. The summed E-state index contributed by atoms with van der Waals surface area (Å²) in [6.07, 6.45) is 5.83. The van der Waals surface area contributed by atoms with Crippen molar-refractivity contribution in [2.24, 2.45) is 5.92 Å². The highest BCUT2D eigenvalue weighted by Crippen LogP contribution is 2.11. The van der Waals surface area contributed by atoms with Gasteiger partial charge in [0.2, 0.25) is 0 Å². The highest BCUT2D eigenvalue weighted by atomic mass is 16.5. The molecule has 138 valence electrons. The van der Waals surface area contributed by atoms with Crippen LogP contribution in [0.4, 0.5) is 0 Å². The van der Waals surface area contributed by atoms with Crippen LogP contribution in [-0.4, -0.2) is 29.5 Å². The van der Waals surface area contributed by atoms with Crippen LogP contribution in [-0.2, 0) is 16.0 Å². The largest absolute Gasteiger partial charge is 0.464 e. The van der Waals surface area contributed by atoms with Gasteiger partial charge in [0.05, 0.1) is 6.61 Å². The van der Waals surface area contributed by atoms with Crippen LogP contribution in [0.3, 0.4) is 0 Å². The first-order chi connectivity index (χ1) is 12.6. The van der Waals surface area contributed by atoms with E-state index in [4.69, 9.17) is 4.74 Å². The highest BCUT2D eigenvalue weighted by molar-refractivity contribution is 5.96. The number of rotatable bonds is 9. The van der Waals surface area contributed by atoms with Gasteiger partial charge in [-0.1, -0.05) is 44.5 Å². The summed E-state index contributed by atoms with van der Waals surface area (Å²) in [4.78, 5) is 28.9. The molecule has 26 heavy (non-hydrogen) atoms. The third-order valence-corrected chi connectivity index (χ3v) is 4.37. The molecule has 2 unspecified atom stereocenters. The molecule has 0 aliphatic carbocycles. The lowest BCUT2D eigenvalue weighted by Crippen LogP contribution is -2.46. The Bertz CT molecular complexity index is 689. The first-order valence-electron chi connectivity index (χ1n) is 9.03. The molecule has 0 saturated carbocycles. The van der Waals surface area contributed by atoms with Crippen molar-refractivity contribution >= 4 is 11.9 Å². The maximum Gasteiger partial charge on any atom is 0.328 e. The Morgan fingerprint density at radius 1 is 1.15 bits per heavy atom. The molecule has 0 fully saturated rings. The third kappa shape index (κ3) is 5.99. The van der Waals surface area contributed by atoms with Gasteiger partial charge in [0, 0.05) is 18.0 Å². The molecule has 0 bridgehead atoms. The maximum absolute atomic E-state index is 12.5. The van der Waals surface area contributed by atoms with Crippen LogP contribution in [0.5, 0.6) is 0 Å². The molecule has 0 aliphatic rings. The minimum atomic E-state index is -0.647. The Hall–Kier alpha value is -2.69. The van der Waals surface area contributed by atoms with E-state index in [1.54, 1.807) is 30.5 Å². The summed E-state index contributed by atoms with van der Waals surface area (Å²) in [6.45, 7) is 4.25. The Balaban J connectivity index is 1.87. The van der Waals surface area contributed by atoms with Crippen LogP contribution in [0.2, 0.25) is 0 Å². The lowest BCUT2D eigenvalue weighted by molar-refractivity contribution is -0.147. The molecule has 5 nitrogen and oxygen atoms in total. The number of aromatic nitrogens is 1. The van der Waals surface area contributed by atoms with Crippen molar-refractivity contribution in [3.63, 3.8) is 0 Å². The summed E-state index contributed by atoms with van der Waals surface area (Å²) in [5.41, 5.74) is 1.64. The van der Waals surface area contributed by atoms with Gasteiger partial charge in [-0.3, -0.25) is 9.78 Å². The van der Waals surface area contributed by atoms with Crippen LogP contribution < -0.4 is 5.32 Å². The number of nitrogens with zero attached hydrogens (tertiary/aromatic N) is 1. The predicted octanol–water partition coefficient (Wildman–Crippen LogP) is 3.40. The zero-order valence-corrected chi connectivity index (χ0v) is 15.4. The normalized spacial score (nSPS) is 12.8. The minimum Gasteiger partial charge on any atom is -0.464 e. The van der Waals surface area contributed by atoms with E-state index in [1.807, 2.05) is 38.2 Å². The summed E-state index contributed by atoms with van der Waals surface area (Å²) >= 11 is 0. The second-order valence-corrected chi connectivity index (χ2v) is 6.34. The minimum absolute atomic E-state index is 0.00603. The maximum atomic E-state index is 12.5. The molecule has 0 radical (unpaired) electrons. The van der Waals surface area contributed by atoms with E-state index in [0.29, 0.717) is 12.2 Å². The molecular formula is C21H26N2O3. The molecule has 1 heterocycles. The standard InChI is InChI=1S/C21H26N2O3/c1-3-16(2)19(23-20(24)18-11-5-4-6-12-18)21(25)26-14-8-10-17-9-7-13-22-15-17/h4-7,9,11-13,15-16,19H,3,8,10,14H2,1-2H3,(H,23,24). The van der Waals surface area contributed by atoms with Crippen LogP contribution >= 0.6 is 0 Å². The Labute approximate surface area is 154 Å². The molecule has 1 aromatic heterocycles. The molecule has 2 atom stereocenters. The fourth-order valence-corrected chi connectivity index (χ4v) is 2.57. The quantitative estimate of drug-likeness (QED) is 0.553. The number of carbonyl (C=O) groups is 2. The SMILES string of the molecule is CCC(C)C(NC(=O)c1ccccc1)C(=O)OCCCc1cccnc1. The number of hydrogen-bond donors (Lipinski definition) is 1. The zero-order valence-electron chi connectivity index (χ0n) is 15.4. The molecule has 1 aromatic carbocycles. The molecule has 1 amide bonds. The summed E-state index contributed by atoms with van der Waals surface area (Å²) in [5.74, 6) is -0.647. The van der Waals surface area contributed by atoms with Crippen molar-refractivity contribution in [3.8, 4) is 0 Å². The molecule has 0 spiro atoms. The summed E-state index contributed by atoms with van der Waals surface area (Å²) in [6, 6.07) is 12.1. The van der Waals surface area contributed by atoms with E-state index in [0.717, 1.165) is 24.8 Å². The topological polar surface area (TPSA) is 68.3 Å². The van der Waals surface area contributed by atoms with Gasteiger partial charge in [0.1, 0.15) is 6.04 Å². The van der Waals surface area contributed by atoms with Gasteiger partial charge in [-0.05, 0) is 42.5 Å². The Kier molecular flexibility index (Phi) is 7.80. The monoisotopic (exact) mass is 354 g/mol. The number of carbonyl (C=O) groups excluding carboxylic acids is 2. The Morgan fingerprint density at radius 2 is 1.92 bits per heavy atom. The number of hydrogen-bond acceptors (Lipinski definition) is 4. The third-order valence-electron chi connectivity index (χ3n) is 4.37. The average Bonchev–Trinajstić information content (AvgIpc) is 2.70. The van der Waals surface area contributed by atoms with E-state index in [9.17, 15) is 9.59 Å². The predicted molar refractivity (Wildman–Crippen MR) is 101 cm³/mol. The van der Waals surface area contributed by atoms with Gasteiger partial charge in [-0.15, -0.1) is 0 Å². The summed E-state index contributed by atoms with van der Waals surface area (Å²) < 4.78 is 5.41. The van der Waals surface area contributed by atoms with Crippen molar-refractivity contribution in [1.82, 2.24) is 10.3 Å². The van der Waals surface area contributed by atoms with E-state index in [-0.39, 0.29) is 17.8 Å². The van der Waals surface area contributed by atoms with E-state index in [1.165, 1.54) is 0 Å². The summed E-state index contributed by atoms with van der Waals surface area (Å²) in [5, 5.41) is 2.82.